The first-order valence-electron chi connectivity index (χ1n) is 6.16. The standard InChI is InChI=1S/C10H22O7P2/c1-5-13-18(11,14-6-2)9-17-19(12)15-7-10(3,4)8-16-19/h5-9H2,1-4H3. The van der Waals surface area contributed by atoms with E-state index in [1.807, 2.05) is 13.8 Å². The number of phosphoric acid groups is 1. The Labute approximate surface area is 114 Å². The summed E-state index contributed by atoms with van der Waals surface area (Å²) in [5.74, 6) is 0. The molecule has 1 rings (SSSR count). The predicted molar refractivity (Wildman–Crippen MR) is 70.1 cm³/mol. The van der Waals surface area contributed by atoms with Crippen LogP contribution in [-0.4, -0.2) is 32.8 Å². The molecular weight excluding hydrogens is 294 g/mol. The Kier molecular flexibility index (Phi) is 6.21. The average Bonchev–Trinajstić information content (AvgIpc) is 2.32. The van der Waals surface area contributed by atoms with Gasteiger partial charge in [-0.3, -0.25) is 18.1 Å². The first-order valence-corrected chi connectivity index (χ1v) is 9.35. The SMILES string of the molecule is CCOP(=O)(COP1(=O)OCC(C)(C)CO1)OCC. The fourth-order valence-corrected chi connectivity index (χ4v) is 4.69. The van der Waals surface area contributed by atoms with Crippen molar-refractivity contribution in [1.29, 1.82) is 0 Å². The van der Waals surface area contributed by atoms with Crippen LogP contribution < -0.4 is 0 Å². The van der Waals surface area contributed by atoms with Gasteiger partial charge in [0.2, 0.25) is 0 Å². The van der Waals surface area contributed by atoms with Crippen LogP contribution in [-0.2, 0) is 31.7 Å². The van der Waals surface area contributed by atoms with Crippen LogP contribution in [0.4, 0.5) is 0 Å². The van der Waals surface area contributed by atoms with Crippen molar-refractivity contribution in [3.63, 3.8) is 0 Å². The fourth-order valence-electron chi connectivity index (χ4n) is 1.31. The van der Waals surface area contributed by atoms with E-state index in [1.54, 1.807) is 13.8 Å². The average molecular weight is 316 g/mol. The van der Waals surface area contributed by atoms with Crippen molar-refractivity contribution < 1.29 is 31.7 Å². The number of rotatable bonds is 7. The summed E-state index contributed by atoms with van der Waals surface area (Å²) in [5, 5.41) is 0. The van der Waals surface area contributed by atoms with Crippen molar-refractivity contribution in [2.75, 3.05) is 32.8 Å². The maximum absolute atomic E-state index is 12.1. The predicted octanol–water partition coefficient (Wildman–Crippen LogP) is 3.41. The van der Waals surface area contributed by atoms with E-state index in [1.165, 1.54) is 0 Å². The van der Waals surface area contributed by atoms with E-state index in [2.05, 4.69) is 0 Å². The van der Waals surface area contributed by atoms with E-state index in [-0.39, 0.29) is 31.8 Å². The van der Waals surface area contributed by atoms with Crippen LogP contribution in [0.2, 0.25) is 0 Å². The molecule has 0 aromatic heterocycles. The highest BCUT2D eigenvalue weighted by molar-refractivity contribution is 7.55. The van der Waals surface area contributed by atoms with Gasteiger partial charge < -0.3 is 9.05 Å². The molecule has 0 spiro atoms. The van der Waals surface area contributed by atoms with E-state index < -0.39 is 21.8 Å². The van der Waals surface area contributed by atoms with Gasteiger partial charge in [-0.05, 0) is 13.8 Å². The second-order valence-corrected chi connectivity index (χ2v) is 8.53. The van der Waals surface area contributed by atoms with Crippen molar-refractivity contribution in [2.24, 2.45) is 5.41 Å². The van der Waals surface area contributed by atoms with Gasteiger partial charge in [0.25, 0.3) is 0 Å². The molecule has 1 aliphatic rings. The summed E-state index contributed by atoms with van der Waals surface area (Å²) < 4.78 is 49.5. The molecule has 9 heteroatoms. The lowest BCUT2D eigenvalue weighted by Gasteiger charge is -2.33. The van der Waals surface area contributed by atoms with E-state index in [4.69, 9.17) is 22.6 Å². The van der Waals surface area contributed by atoms with Gasteiger partial charge in [0, 0.05) is 5.41 Å². The normalized spacial score (nSPS) is 22.3. The van der Waals surface area contributed by atoms with Gasteiger partial charge >= 0.3 is 15.4 Å². The minimum atomic E-state index is -3.67. The summed E-state index contributed by atoms with van der Waals surface area (Å²) in [4.78, 5) is 0. The van der Waals surface area contributed by atoms with Crippen LogP contribution in [0, 0.1) is 5.41 Å². The summed E-state index contributed by atoms with van der Waals surface area (Å²) in [6, 6.07) is 0. The number of phosphoric ester groups is 1. The van der Waals surface area contributed by atoms with Crippen molar-refractivity contribution in [1.82, 2.24) is 0 Å². The Bertz CT molecular complexity index is 358. The second-order valence-electron chi connectivity index (χ2n) is 4.86. The molecular formula is C10H22O7P2. The zero-order chi connectivity index (χ0) is 14.6. The van der Waals surface area contributed by atoms with Crippen LogP contribution in [0.25, 0.3) is 0 Å². The summed E-state index contributed by atoms with van der Waals surface area (Å²) in [6.07, 6.45) is -0.452. The summed E-state index contributed by atoms with van der Waals surface area (Å²) in [5.41, 5.74) is -0.221. The quantitative estimate of drug-likeness (QED) is 0.666. The molecule has 0 radical (unpaired) electrons. The van der Waals surface area contributed by atoms with Gasteiger partial charge in [-0.25, -0.2) is 4.57 Å². The molecule has 0 aromatic rings. The summed E-state index contributed by atoms with van der Waals surface area (Å²) in [6.45, 7) is 8.12. The Morgan fingerprint density at radius 1 is 1.16 bits per heavy atom. The van der Waals surface area contributed by atoms with Crippen molar-refractivity contribution >= 4 is 15.4 Å². The fraction of sp³-hybridized carbons (Fsp3) is 1.00. The summed E-state index contributed by atoms with van der Waals surface area (Å²) in [7, 11) is -7.08. The van der Waals surface area contributed by atoms with Crippen molar-refractivity contribution in [3.05, 3.63) is 0 Å². The summed E-state index contributed by atoms with van der Waals surface area (Å²) >= 11 is 0. The minimum Gasteiger partial charge on any atom is -0.307 e. The molecule has 0 unspecified atom stereocenters. The van der Waals surface area contributed by atoms with Crippen LogP contribution in [0.5, 0.6) is 0 Å². The molecule has 1 aliphatic heterocycles. The molecule has 0 aliphatic carbocycles. The lowest BCUT2D eigenvalue weighted by Crippen LogP contribution is -2.29. The maximum Gasteiger partial charge on any atom is 0.475 e. The van der Waals surface area contributed by atoms with Crippen molar-refractivity contribution in [3.8, 4) is 0 Å². The minimum absolute atomic E-state index is 0.208. The van der Waals surface area contributed by atoms with Gasteiger partial charge in [0.1, 0.15) is 0 Å². The smallest absolute Gasteiger partial charge is 0.307 e. The molecule has 1 saturated heterocycles. The van der Waals surface area contributed by atoms with Crippen LogP contribution in [0.3, 0.4) is 0 Å². The molecule has 0 amide bonds. The highest BCUT2D eigenvalue weighted by Crippen LogP contribution is 2.59. The van der Waals surface area contributed by atoms with Gasteiger partial charge in [0.15, 0.2) is 6.35 Å². The maximum atomic E-state index is 12.1. The third kappa shape index (κ3) is 5.64. The largest absolute Gasteiger partial charge is 0.475 e. The molecule has 0 aromatic carbocycles. The number of hydrogen-bond acceptors (Lipinski definition) is 7. The van der Waals surface area contributed by atoms with Gasteiger partial charge in [0.05, 0.1) is 26.4 Å². The van der Waals surface area contributed by atoms with Crippen LogP contribution >= 0.6 is 15.4 Å². The molecule has 0 N–H and O–H groups in total. The van der Waals surface area contributed by atoms with Crippen molar-refractivity contribution in [2.45, 2.75) is 27.7 Å². The van der Waals surface area contributed by atoms with Gasteiger partial charge in [-0.2, -0.15) is 0 Å². The highest BCUT2D eigenvalue weighted by Gasteiger charge is 2.40. The lowest BCUT2D eigenvalue weighted by molar-refractivity contribution is 0.00388. The first kappa shape index (κ1) is 17.3. The second kappa shape index (κ2) is 6.81. The third-order valence-corrected chi connectivity index (χ3v) is 5.54. The van der Waals surface area contributed by atoms with Crippen LogP contribution in [0.1, 0.15) is 27.7 Å². The topological polar surface area (TPSA) is 80.3 Å². The molecule has 0 saturated carbocycles. The molecule has 0 bridgehead atoms. The van der Waals surface area contributed by atoms with E-state index in [0.29, 0.717) is 0 Å². The van der Waals surface area contributed by atoms with Gasteiger partial charge in [-0.15, -0.1) is 0 Å². The van der Waals surface area contributed by atoms with E-state index in [9.17, 15) is 9.13 Å². The monoisotopic (exact) mass is 316 g/mol. The van der Waals surface area contributed by atoms with Crippen LogP contribution in [0.15, 0.2) is 0 Å². The molecule has 0 atom stereocenters. The number of hydrogen-bond donors (Lipinski definition) is 0. The molecule has 1 fully saturated rings. The third-order valence-electron chi connectivity index (χ3n) is 2.25. The van der Waals surface area contributed by atoms with Gasteiger partial charge in [-0.1, -0.05) is 13.8 Å². The lowest BCUT2D eigenvalue weighted by atomic mass is 9.97. The zero-order valence-corrected chi connectivity index (χ0v) is 13.6. The Balaban J connectivity index is 2.55. The molecule has 19 heavy (non-hydrogen) atoms. The molecule has 114 valence electrons. The molecule has 1 heterocycles. The Hall–Kier alpha value is 0.260. The zero-order valence-electron chi connectivity index (χ0n) is 11.8. The van der Waals surface area contributed by atoms with E-state index >= 15 is 0 Å². The Morgan fingerprint density at radius 3 is 2.05 bits per heavy atom. The molecule has 7 nitrogen and oxygen atoms in total. The first-order chi connectivity index (χ1) is 8.74. The Morgan fingerprint density at radius 2 is 1.63 bits per heavy atom. The highest BCUT2D eigenvalue weighted by atomic mass is 31.2. The van der Waals surface area contributed by atoms with E-state index in [0.717, 1.165) is 0 Å².